The summed E-state index contributed by atoms with van der Waals surface area (Å²) in [6.45, 7) is -0.703. The second-order valence-electron chi connectivity index (χ2n) is 17.2. The van der Waals surface area contributed by atoms with Gasteiger partial charge in [-0.05, 0) is 90.7 Å². The van der Waals surface area contributed by atoms with E-state index in [0.29, 0.717) is 46.7 Å². The van der Waals surface area contributed by atoms with Crippen LogP contribution in [0.1, 0.15) is 56.6 Å². The number of anilines is 2. The number of methoxy groups -OCH3 is 1. The molecule has 346 valence electrons. The summed E-state index contributed by atoms with van der Waals surface area (Å²) < 4.78 is 93.9. The number of carbonyl (C=O) groups excluding carboxylic acids is 1. The van der Waals surface area contributed by atoms with Gasteiger partial charge in [0.15, 0.2) is 0 Å². The van der Waals surface area contributed by atoms with Crippen molar-refractivity contribution in [3.63, 3.8) is 0 Å². The van der Waals surface area contributed by atoms with Crippen LogP contribution < -0.4 is 19.7 Å². The lowest BCUT2D eigenvalue weighted by atomic mass is 9.89. The zero-order valence-electron chi connectivity index (χ0n) is 37.0. The van der Waals surface area contributed by atoms with E-state index in [1.165, 1.54) is 43.5 Å². The summed E-state index contributed by atoms with van der Waals surface area (Å²) in [6.07, 6.45) is 1.15. The fourth-order valence-electron chi connectivity index (χ4n) is 8.50. The van der Waals surface area contributed by atoms with Gasteiger partial charge in [-0.15, -0.1) is 0 Å². The van der Waals surface area contributed by atoms with Crippen LogP contribution in [-0.4, -0.2) is 41.9 Å². The molecule has 0 bridgehead atoms. The molecule has 0 saturated heterocycles. The van der Waals surface area contributed by atoms with E-state index in [9.17, 15) is 18.0 Å². The predicted molar refractivity (Wildman–Crippen MR) is 247 cm³/mol. The van der Waals surface area contributed by atoms with Crippen molar-refractivity contribution in [2.24, 2.45) is 5.41 Å². The van der Waals surface area contributed by atoms with Crippen molar-refractivity contribution in [2.45, 2.75) is 44.6 Å². The number of esters is 1. The topological polar surface area (TPSA) is 133 Å². The molecule has 1 N–H and O–H groups in total. The number of nitrogens with zero attached hydrogens (tertiary/aromatic N) is 5. The number of alkyl halides is 1. The Morgan fingerprint density at radius 3 is 1.62 bits per heavy atom. The van der Waals surface area contributed by atoms with Gasteiger partial charge in [-0.3, -0.25) is 4.39 Å². The molecule has 15 heteroatoms. The monoisotopic (exact) mass is 932 g/mol. The normalized spacial score (nSPS) is 13.9. The number of aromatic nitrogens is 2. The first-order chi connectivity index (χ1) is 33.4. The van der Waals surface area contributed by atoms with Crippen LogP contribution in [0.4, 0.5) is 33.3 Å². The Hall–Kier alpha value is -8.30. The summed E-state index contributed by atoms with van der Waals surface area (Å²) in [7, 11) is 1.27. The van der Waals surface area contributed by atoms with Gasteiger partial charge in [-0.2, -0.15) is 10.5 Å². The van der Waals surface area contributed by atoms with Gasteiger partial charge in [0.1, 0.15) is 42.1 Å². The van der Waals surface area contributed by atoms with E-state index in [1.807, 2.05) is 17.0 Å². The van der Waals surface area contributed by atoms with E-state index in [2.05, 4.69) is 15.3 Å². The minimum absolute atomic E-state index is 0.0432. The SMILES string of the molecule is COC(=O)c1ccc2c(c1)NC(Cc1ccc(-c3cccc(OCc4ccc(C#N)cc4F)n3)cc1F)(Cc1ccc(-c3cccc(OCc4ccc(C#N)cc4F)n3)cc1F)N2CC1(CF)CC1. The smallest absolute Gasteiger partial charge is 0.337 e. The third kappa shape index (κ3) is 9.76. The van der Waals surface area contributed by atoms with Crippen molar-refractivity contribution < 1.29 is 41.0 Å². The van der Waals surface area contributed by atoms with Crippen molar-refractivity contribution in [3.05, 3.63) is 190 Å². The summed E-state index contributed by atoms with van der Waals surface area (Å²) in [4.78, 5) is 23.8. The highest BCUT2D eigenvalue weighted by molar-refractivity contribution is 5.93. The predicted octanol–water partition coefficient (Wildman–Crippen LogP) is 11.2. The van der Waals surface area contributed by atoms with Gasteiger partial charge in [0, 0.05) is 59.2 Å². The van der Waals surface area contributed by atoms with E-state index in [0.717, 1.165) is 12.1 Å². The molecule has 1 aliphatic carbocycles. The number of benzene rings is 5. The molecule has 0 amide bonds. The molecule has 3 heterocycles. The van der Waals surface area contributed by atoms with Crippen molar-refractivity contribution in [3.8, 4) is 46.4 Å². The quantitative estimate of drug-likeness (QED) is 0.0737. The van der Waals surface area contributed by atoms with Crippen LogP contribution >= 0.6 is 0 Å². The molecular weight excluding hydrogens is 892 g/mol. The average molecular weight is 933 g/mol. The molecule has 1 aliphatic heterocycles. The minimum atomic E-state index is -1.30. The van der Waals surface area contributed by atoms with Crippen LogP contribution in [0.2, 0.25) is 0 Å². The van der Waals surface area contributed by atoms with Crippen LogP contribution in [0.5, 0.6) is 11.8 Å². The average Bonchev–Trinajstić information content (AvgIpc) is 4.09. The number of rotatable bonds is 16. The lowest BCUT2D eigenvalue weighted by Crippen LogP contribution is -2.56. The van der Waals surface area contributed by atoms with Gasteiger partial charge >= 0.3 is 5.97 Å². The molecule has 10 nitrogen and oxygen atoms in total. The fraction of sp³-hybridized carbons (Fsp3) is 0.204. The number of fused-ring (bicyclic) bond motifs is 1. The highest BCUT2D eigenvalue weighted by Gasteiger charge is 2.52. The maximum absolute atomic E-state index is 16.7. The number of nitrogens with one attached hydrogen (secondary N) is 1. The number of ether oxygens (including phenoxy) is 3. The van der Waals surface area contributed by atoms with Gasteiger partial charge in [0.25, 0.3) is 0 Å². The van der Waals surface area contributed by atoms with Crippen LogP contribution in [-0.2, 0) is 30.8 Å². The summed E-state index contributed by atoms with van der Waals surface area (Å²) in [6, 6.07) is 36.1. The molecule has 2 aromatic heterocycles. The Bertz CT molecular complexity index is 3040. The van der Waals surface area contributed by atoms with Crippen molar-refractivity contribution in [2.75, 3.05) is 30.5 Å². The Labute approximate surface area is 394 Å². The Kier molecular flexibility index (Phi) is 12.7. The second-order valence-corrected chi connectivity index (χ2v) is 17.2. The van der Waals surface area contributed by atoms with Gasteiger partial charge in [-0.1, -0.05) is 48.5 Å². The van der Waals surface area contributed by atoms with Gasteiger partial charge in [0.05, 0.1) is 65.4 Å². The van der Waals surface area contributed by atoms with Crippen molar-refractivity contribution >= 4 is 17.3 Å². The molecule has 69 heavy (non-hydrogen) atoms. The first-order valence-corrected chi connectivity index (χ1v) is 21.9. The minimum Gasteiger partial charge on any atom is -0.473 e. The Morgan fingerprint density at radius 2 is 1.17 bits per heavy atom. The summed E-state index contributed by atoms with van der Waals surface area (Å²) >= 11 is 0. The van der Waals surface area contributed by atoms with E-state index in [-0.39, 0.29) is 83.3 Å². The van der Waals surface area contributed by atoms with Crippen molar-refractivity contribution in [1.29, 1.82) is 10.5 Å². The number of halogens is 5. The summed E-state index contributed by atoms with van der Waals surface area (Å²) in [5.74, 6) is -2.63. The number of hydrogen-bond donors (Lipinski definition) is 1. The first-order valence-electron chi connectivity index (χ1n) is 21.9. The van der Waals surface area contributed by atoms with E-state index < -0.39 is 47.0 Å². The molecule has 1 fully saturated rings. The van der Waals surface area contributed by atoms with Gasteiger partial charge in [-0.25, -0.2) is 32.3 Å². The lowest BCUT2D eigenvalue weighted by molar-refractivity contribution is 0.0600. The van der Waals surface area contributed by atoms with Crippen LogP contribution in [0.3, 0.4) is 0 Å². The number of pyridine rings is 2. The molecule has 0 radical (unpaired) electrons. The largest absolute Gasteiger partial charge is 0.473 e. The highest BCUT2D eigenvalue weighted by atomic mass is 19.1. The molecule has 7 aromatic rings. The highest BCUT2D eigenvalue weighted by Crippen LogP contribution is 2.52. The third-order valence-electron chi connectivity index (χ3n) is 12.6. The summed E-state index contributed by atoms with van der Waals surface area (Å²) in [5, 5.41) is 21.7. The maximum Gasteiger partial charge on any atom is 0.337 e. The number of hydrogen-bond acceptors (Lipinski definition) is 10. The number of carbonyl (C=O) groups is 1. The molecule has 2 aliphatic rings. The Morgan fingerprint density at radius 1 is 0.667 bits per heavy atom. The Balaban J connectivity index is 1.02. The molecule has 5 aromatic carbocycles. The fourth-order valence-corrected chi connectivity index (χ4v) is 8.50. The van der Waals surface area contributed by atoms with Crippen molar-refractivity contribution in [1.82, 2.24) is 9.97 Å². The second kappa shape index (κ2) is 19.1. The molecular formula is C54H41F5N6O4. The van der Waals surface area contributed by atoms with Crippen LogP contribution in [0.15, 0.2) is 127 Å². The van der Waals surface area contributed by atoms with E-state index >= 15 is 8.78 Å². The van der Waals surface area contributed by atoms with Crippen LogP contribution in [0.25, 0.3) is 22.5 Å². The zero-order valence-corrected chi connectivity index (χ0v) is 37.0. The molecule has 9 rings (SSSR count). The third-order valence-corrected chi connectivity index (χ3v) is 12.6. The van der Waals surface area contributed by atoms with Crippen LogP contribution in [0, 0.1) is 51.3 Å². The van der Waals surface area contributed by atoms with E-state index in [1.54, 1.807) is 78.9 Å². The first kappa shape index (κ1) is 45.8. The summed E-state index contributed by atoms with van der Waals surface area (Å²) in [5.41, 5.74) is 2.31. The van der Waals surface area contributed by atoms with Gasteiger partial charge < -0.3 is 24.4 Å². The lowest BCUT2D eigenvalue weighted by Gasteiger charge is -2.42. The molecule has 0 unspecified atom stereocenters. The zero-order chi connectivity index (χ0) is 48.3. The van der Waals surface area contributed by atoms with Gasteiger partial charge in [0.2, 0.25) is 11.8 Å². The molecule has 1 saturated carbocycles. The number of nitriles is 2. The maximum atomic E-state index is 16.7. The molecule has 0 atom stereocenters. The molecule has 0 spiro atoms. The van der Waals surface area contributed by atoms with E-state index in [4.69, 9.17) is 24.7 Å². The standard InChI is InChI=1S/C54H41F5N6O4/c1-67-52(66)37-16-17-49-48(24-37)64-54(65(49)32-53(31-55)18-19-53,25-38-14-12-35(22-44(38)58)46-4-2-6-50(62-46)68-29-40-10-8-33(27-60)20-42(40)56)26-39-15-13-36(23-45(39)59)47-5-3-7-51(63-47)69-30-41-11-9-34(28-61)21-43(41)57/h2-17,20-24,64H,18-19,25-26,29-32H2,1H3.